The Kier molecular flexibility index (Phi) is 36.5. The topological polar surface area (TPSA) is 256 Å². The molecule has 0 aliphatic rings. The SMILES string of the molecule is CC/C=C\C/C=C\C/C=C\CCCCCCCC(=O)OC[C@H](COP(=O)(O)OC[C@@H](O)COP(=O)(O)O)OC(=O)CCC[C@@H](O)[C@H](O)\C=C/C=C\C=C\C=C\[C@@H](O)C/C=C\CC. The van der Waals surface area contributed by atoms with Crippen LogP contribution in [0.3, 0.4) is 0 Å². The molecular formula is C44H72O16P2. The summed E-state index contributed by atoms with van der Waals surface area (Å²) < 4.78 is 47.5. The maximum atomic E-state index is 12.7. The van der Waals surface area contributed by atoms with E-state index in [0.717, 1.165) is 57.8 Å². The zero-order valence-corrected chi connectivity index (χ0v) is 38.0. The average Bonchev–Trinajstić information content (AvgIpc) is 3.22. The first-order chi connectivity index (χ1) is 29.6. The van der Waals surface area contributed by atoms with Gasteiger partial charge in [0.05, 0.1) is 38.1 Å². The van der Waals surface area contributed by atoms with E-state index in [0.29, 0.717) is 12.8 Å². The van der Waals surface area contributed by atoms with Crippen LogP contribution in [0.15, 0.2) is 97.2 Å². The first kappa shape index (κ1) is 58.9. The Labute approximate surface area is 367 Å². The normalized spacial score (nSPS) is 16.5. The molecule has 6 atom stereocenters. The van der Waals surface area contributed by atoms with E-state index in [4.69, 9.17) is 23.8 Å². The van der Waals surface area contributed by atoms with Crippen molar-refractivity contribution >= 4 is 27.6 Å². The van der Waals surface area contributed by atoms with Crippen molar-refractivity contribution in [1.82, 2.24) is 0 Å². The molecular weight excluding hydrogens is 846 g/mol. The van der Waals surface area contributed by atoms with Gasteiger partial charge < -0.3 is 44.6 Å². The number of allylic oxidation sites excluding steroid dienone is 13. The summed E-state index contributed by atoms with van der Waals surface area (Å²) in [6.45, 7) is 1.01. The Morgan fingerprint density at radius 1 is 0.581 bits per heavy atom. The van der Waals surface area contributed by atoms with E-state index in [1.807, 2.05) is 19.1 Å². The van der Waals surface area contributed by atoms with Crippen molar-refractivity contribution in [3.05, 3.63) is 97.2 Å². The summed E-state index contributed by atoms with van der Waals surface area (Å²) in [5.41, 5.74) is 0. The van der Waals surface area contributed by atoms with E-state index in [1.165, 1.54) is 6.08 Å². The maximum Gasteiger partial charge on any atom is 0.472 e. The molecule has 0 aliphatic heterocycles. The van der Waals surface area contributed by atoms with Crippen LogP contribution in [0.1, 0.15) is 110 Å². The second-order valence-corrected chi connectivity index (χ2v) is 16.8. The molecule has 0 bridgehead atoms. The average molecular weight is 919 g/mol. The van der Waals surface area contributed by atoms with Gasteiger partial charge in [-0.15, -0.1) is 0 Å². The molecule has 0 amide bonds. The van der Waals surface area contributed by atoms with Crippen molar-refractivity contribution in [1.29, 1.82) is 0 Å². The van der Waals surface area contributed by atoms with Gasteiger partial charge in [-0.25, -0.2) is 9.13 Å². The highest BCUT2D eigenvalue weighted by Gasteiger charge is 2.28. The van der Waals surface area contributed by atoms with Gasteiger partial charge in [0.15, 0.2) is 6.10 Å². The Morgan fingerprint density at radius 2 is 1.13 bits per heavy atom. The molecule has 0 rings (SSSR count). The quantitative estimate of drug-likeness (QED) is 0.0104. The van der Waals surface area contributed by atoms with Crippen molar-refractivity contribution in [2.75, 3.05) is 26.4 Å². The number of aliphatic hydroxyl groups excluding tert-OH is 4. The molecule has 7 N–H and O–H groups in total. The van der Waals surface area contributed by atoms with Gasteiger partial charge in [0.1, 0.15) is 12.7 Å². The van der Waals surface area contributed by atoms with Crippen LogP contribution >= 0.6 is 15.6 Å². The zero-order valence-electron chi connectivity index (χ0n) is 36.3. The molecule has 0 radical (unpaired) electrons. The minimum Gasteiger partial charge on any atom is -0.462 e. The number of phosphoric ester groups is 2. The number of esters is 2. The van der Waals surface area contributed by atoms with Gasteiger partial charge in [-0.3, -0.25) is 23.2 Å². The van der Waals surface area contributed by atoms with Crippen molar-refractivity contribution in [3.8, 4) is 0 Å². The molecule has 0 heterocycles. The van der Waals surface area contributed by atoms with E-state index in [-0.39, 0.29) is 25.7 Å². The van der Waals surface area contributed by atoms with Crippen molar-refractivity contribution in [2.45, 2.75) is 141 Å². The predicted molar refractivity (Wildman–Crippen MR) is 238 cm³/mol. The molecule has 0 fully saturated rings. The van der Waals surface area contributed by atoms with E-state index in [1.54, 1.807) is 42.5 Å². The monoisotopic (exact) mass is 918 g/mol. The third-order valence-corrected chi connectivity index (χ3v) is 9.74. The molecule has 0 aromatic carbocycles. The highest BCUT2D eigenvalue weighted by atomic mass is 31.2. The van der Waals surface area contributed by atoms with Gasteiger partial charge >= 0.3 is 27.6 Å². The smallest absolute Gasteiger partial charge is 0.462 e. The van der Waals surface area contributed by atoms with Gasteiger partial charge in [0.25, 0.3) is 0 Å². The second-order valence-electron chi connectivity index (χ2n) is 14.1. The number of carbonyl (C=O) groups excluding carboxylic acids is 2. The lowest BCUT2D eigenvalue weighted by Crippen LogP contribution is -2.30. The van der Waals surface area contributed by atoms with E-state index in [9.17, 15) is 44.0 Å². The van der Waals surface area contributed by atoms with Crippen LogP contribution in [0, 0.1) is 0 Å². The summed E-state index contributed by atoms with van der Waals surface area (Å²) in [5, 5.41) is 40.2. The van der Waals surface area contributed by atoms with E-state index >= 15 is 0 Å². The first-order valence-corrected chi connectivity index (χ1v) is 24.3. The lowest BCUT2D eigenvalue weighted by Gasteiger charge is -2.21. The highest BCUT2D eigenvalue weighted by Crippen LogP contribution is 2.43. The van der Waals surface area contributed by atoms with Crippen LogP contribution in [0.5, 0.6) is 0 Å². The van der Waals surface area contributed by atoms with Gasteiger partial charge in [0, 0.05) is 12.8 Å². The summed E-state index contributed by atoms with van der Waals surface area (Å²) in [7, 11) is -9.83. The van der Waals surface area contributed by atoms with Crippen LogP contribution in [-0.2, 0) is 41.8 Å². The lowest BCUT2D eigenvalue weighted by atomic mass is 10.1. The minimum absolute atomic E-state index is 0.0143. The lowest BCUT2D eigenvalue weighted by molar-refractivity contribution is -0.161. The molecule has 0 aromatic heterocycles. The van der Waals surface area contributed by atoms with Crippen molar-refractivity contribution in [3.63, 3.8) is 0 Å². The molecule has 18 heteroatoms. The van der Waals surface area contributed by atoms with Gasteiger partial charge in [-0.05, 0) is 64.2 Å². The predicted octanol–water partition coefficient (Wildman–Crippen LogP) is 7.47. The fourth-order valence-corrected chi connectivity index (χ4v) is 6.15. The fraction of sp³-hybridized carbons (Fsp3) is 0.591. The van der Waals surface area contributed by atoms with Gasteiger partial charge in [-0.2, -0.15) is 0 Å². The number of carbonyl (C=O) groups is 2. The largest absolute Gasteiger partial charge is 0.472 e. The summed E-state index contributed by atoms with van der Waals surface area (Å²) in [5.74, 6) is -1.40. The number of aliphatic hydroxyl groups is 4. The molecule has 16 nitrogen and oxygen atoms in total. The Hall–Kier alpha value is -3.08. The van der Waals surface area contributed by atoms with Crippen molar-refractivity contribution < 1.29 is 76.9 Å². The first-order valence-electron chi connectivity index (χ1n) is 21.3. The van der Waals surface area contributed by atoms with Crippen LogP contribution in [0.25, 0.3) is 0 Å². The van der Waals surface area contributed by atoms with Gasteiger partial charge in [0.2, 0.25) is 0 Å². The Bertz CT molecular complexity index is 1510. The standard InChI is InChI=1S/C44H72O16P2/c1-3-5-7-8-9-10-11-12-13-14-15-16-17-22-26-32-43(49)56-36-40(37-59-62(54,55)58-35-39(46)34-57-61(51,52)53)60-44(50)33-27-31-42(48)41(47)30-25-21-19-18-20-24-29-38(45)28-23-6-4-2/h5-7,9-10,12-13,18-21,23-25,29-30,38-42,45-48H,3-4,8,11,14-17,22,26-28,31-37H2,1-2H3,(H,54,55)(H2,51,52,53)/b7-5-,10-9-,13-12-,20-18+,21-19-,23-6-,29-24+,30-25-/t38-,39-,40+,41+,42+/m0/s1. The van der Waals surface area contributed by atoms with E-state index < -0.39 is 84.5 Å². The number of rotatable bonds is 38. The number of ether oxygens (including phenoxy) is 2. The van der Waals surface area contributed by atoms with Crippen molar-refractivity contribution in [2.24, 2.45) is 0 Å². The second kappa shape index (κ2) is 38.4. The Balaban J connectivity index is 4.91. The summed E-state index contributed by atoms with van der Waals surface area (Å²) >= 11 is 0. The van der Waals surface area contributed by atoms with Gasteiger partial charge in [-0.1, -0.05) is 130 Å². The maximum absolute atomic E-state index is 12.7. The highest BCUT2D eigenvalue weighted by molar-refractivity contribution is 7.47. The number of unbranched alkanes of at least 4 members (excludes halogenated alkanes) is 5. The molecule has 0 spiro atoms. The van der Waals surface area contributed by atoms with Crippen LogP contribution in [0.2, 0.25) is 0 Å². The van der Waals surface area contributed by atoms with Crippen LogP contribution in [-0.4, -0.2) is 104 Å². The molecule has 62 heavy (non-hydrogen) atoms. The van der Waals surface area contributed by atoms with Crippen LogP contribution in [0.4, 0.5) is 0 Å². The molecule has 0 saturated heterocycles. The molecule has 0 aromatic rings. The summed E-state index contributed by atoms with van der Waals surface area (Å²) in [6.07, 6.45) is 33.5. The summed E-state index contributed by atoms with van der Waals surface area (Å²) in [6, 6.07) is 0. The van der Waals surface area contributed by atoms with E-state index in [2.05, 4.69) is 52.4 Å². The number of hydrogen-bond acceptors (Lipinski definition) is 13. The number of hydrogen-bond donors (Lipinski definition) is 7. The minimum atomic E-state index is -4.92. The zero-order chi connectivity index (χ0) is 46.3. The number of phosphoric acid groups is 2. The van der Waals surface area contributed by atoms with Crippen LogP contribution < -0.4 is 0 Å². The third kappa shape index (κ3) is 39.7. The molecule has 0 aliphatic carbocycles. The molecule has 1 unspecified atom stereocenters. The Morgan fingerprint density at radius 3 is 1.81 bits per heavy atom. The summed E-state index contributed by atoms with van der Waals surface area (Å²) in [4.78, 5) is 52.7. The molecule has 0 saturated carbocycles. The molecule has 354 valence electrons. The fourth-order valence-electron chi connectivity index (χ4n) is 5.00. The third-order valence-electron chi connectivity index (χ3n) is 8.30.